The van der Waals surface area contributed by atoms with E-state index in [4.69, 9.17) is 0 Å². The topological polar surface area (TPSA) is 35.5 Å². The summed E-state index contributed by atoms with van der Waals surface area (Å²) in [6.45, 7) is 4.03. The predicted molar refractivity (Wildman–Crippen MR) is 92.3 cm³/mol. The van der Waals surface area contributed by atoms with Crippen molar-refractivity contribution < 1.29 is 9.50 Å². The highest BCUT2D eigenvalue weighted by Gasteiger charge is 2.22. The van der Waals surface area contributed by atoms with Crippen LogP contribution in [0.3, 0.4) is 0 Å². The van der Waals surface area contributed by atoms with Crippen molar-refractivity contribution in [3.63, 3.8) is 0 Å². The van der Waals surface area contributed by atoms with E-state index in [9.17, 15) is 9.50 Å². The van der Waals surface area contributed by atoms with Crippen LogP contribution in [-0.4, -0.2) is 30.3 Å². The molecule has 0 spiro atoms. The molecule has 1 aliphatic heterocycles. The monoisotopic (exact) mass is 320 g/mol. The quantitative estimate of drug-likeness (QED) is 0.886. The van der Waals surface area contributed by atoms with Gasteiger partial charge in [-0.25, -0.2) is 4.39 Å². The molecular weight excluding hydrogens is 291 g/mol. The van der Waals surface area contributed by atoms with Crippen LogP contribution in [0.5, 0.6) is 0 Å². The molecule has 23 heavy (non-hydrogen) atoms. The molecule has 0 aromatic heterocycles. The molecule has 4 heteroatoms. The number of benzene rings is 1. The molecule has 3 nitrogen and oxygen atoms in total. The molecule has 0 amide bonds. The van der Waals surface area contributed by atoms with Crippen LogP contribution in [0.25, 0.3) is 0 Å². The summed E-state index contributed by atoms with van der Waals surface area (Å²) < 4.78 is 14.5. The Kier molecular flexibility index (Phi) is 5.54. The summed E-state index contributed by atoms with van der Waals surface area (Å²) in [5.74, 6) is -0.0999. The SMILES string of the molecule is CC(NC1CCC(O)CC1)c1ccc(N2CCCCC2)c(F)c1. The van der Waals surface area contributed by atoms with Gasteiger partial charge in [-0.2, -0.15) is 0 Å². The lowest BCUT2D eigenvalue weighted by molar-refractivity contribution is 0.114. The Hall–Kier alpha value is -1.13. The van der Waals surface area contributed by atoms with Gasteiger partial charge in [0, 0.05) is 25.2 Å². The van der Waals surface area contributed by atoms with E-state index < -0.39 is 0 Å². The molecule has 1 saturated carbocycles. The number of halogens is 1. The lowest BCUT2D eigenvalue weighted by Gasteiger charge is -2.31. The van der Waals surface area contributed by atoms with E-state index >= 15 is 0 Å². The van der Waals surface area contributed by atoms with Crippen molar-refractivity contribution in [3.05, 3.63) is 29.6 Å². The summed E-state index contributed by atoms with van der Waals surface area (Å²) in [6, 6.07) is 6.26. The van der Waals surface area contributed by atoms with Crippen LogP contribution < -0.4 is 10.2 Å². The number of nitrogens with zero attached hydrogens (tertiary/aromatic N) is 1. The first-order chi connectivity index (χ1) is 11.1. The third kappa shape index (κ3) is 4.24. The molecule has 2 aliphatic rings. The molecule has 1 saturated heterocycles. The third-order valence-corrected chi connectivity index (χ3v) is 5.35. The van der Waals surface area contributed by atoms with Gasteiger partial charge in [0.15, 0.2) is 0 Å². The Morgan fingerprint density at radius 1 is 1.13 bits per heavy atom. The van der Waals surface area contributed by atoms with Crippen molar-refractivity contribution >= 4 is 5.69 Å². The maximum atomic E-state index is 14.5. The van der Waals surface area contributed by atoms with Crippen molar-refractivity contribution in [2.45, 2.75) is 70.1 Å². The Morgan fingerprint density at radius 2 is 1.83 bits per heavy atom. The fourth-order valence-corrected chi connectivity index (χ4v) is 3.88. The molecule has 2 N–H and O–H groups in total. The maximum absolute atomic E-state index is 14.5. The Balaban J connectivity index is 1.62. The zero-order valence-corrected chi connectivity index (χ0v) is 14.1. The van der Waals surface area contributed by atoms with Crippen LogP contribution in [-0.2, 0) is 0 Å². The number of aliphatic hydroxyl groups excluding tert-OH is 1. The van der Waals surface area contributed by atoms with Gasteiger partial charge in [0.05, 0.1) is 11.8 Å². The molecule has 3 rings (SSSR count). The number of anilines is 1. The van der Waals surface area contributed by atoms with Gasteiger partial charge in [-0.05, 0) is 69.6 Å². The molecule has 2 fully saturated rings. The molecular formula is C19H29FN2O. The highest BCUT2D eigenvalue weighted by atomic mass is 19.1. The summed E-state index contributed by atoms with van der Waals surface area (Å²) in [7, 11) is 0. The van der Waals surface area contributed by atoms with Gasteiger partial charge < -0.3 is 15.3 Å². The van der Waals surface area contributed by atoms with Crippen LogP contribution in [0, 0.1) is 5.82 Å². The van der Waals surface area contributed by atoms with E-state index in [1.165, 1.54) is 6.42 Å². The lowest BCUT2D eigenvalue weighted by atomic mass is 9.92. The highest BCUT2D eigenvalue weighted by Crippen LogP contribution is 2.27. The fourth-order valence-electron chi connectivity index (χ4n) is 3.88. The van der Waals surface area contributed by atoms with Crippen LogP contribution in [0.15, 0.2) is 18.2 Å². The van der Waals surface area contributed by atoms with Crippen molar-refractivity contribution in [1.29, 1.82) is 0 Å². The zero-order chi connectivity index (χ0) is 16.2. The van der Waals surface area contributed by atoms with Crippen molar-refractivity contribution in [2.75, 3.05) is 18.0 Å². The number of nitrogens with one attached hydrogen (secondary N) is 1. The number of hydrogen-bond acceptors (Lipinski definition) is 3. The summed E-state index contributed by atoms with van der Waals surface area (Å²) in [5.41, 5.74) is 1.76. The molecule has 0 radical (unpaired) electrons. The molecule has 0 bridgehead atoms. The van der Waals surface area contributed by atoms with E-state index in [1.807, 2.05) is 6.07 Å². The Bertz CT molecular complexity index is 508. The van der Waals surface area contributed by atoms with E-state index in [2.05, 4.69) is 23.2 Å². The summed E-state index contributed by atoms with van der Waals surface area (Å²) in [5, 5.41) is 13.2. The maximum Gasteiger partial charge on any atom is 0.146 e. The highest BCUT2D eigenvalue weighted by molar-refractivity contribution is 5.49. The van der Waals surface area contributed by atoms with Crippen LogP contribution in [0.4, 0.5) is 10.1 Å². The molecule has 1 aliphatic carbocycles. The molecule has 1 unspecified atom stereocenters. The number of rotatable bonds is 4. The standard InChI is InChI=1S/C19H29FN2O/c1-14(21-16-6-8-17(23)9-7-16)15-5-10-19(18(20)13-15)22-11-3-2-4-12-22/h5,10,13-14,16-17,21,23H,2-4,6-9,11-12H2,1H3. The minimum atomic E-state index is -0.135. The predicted octanol–water partition coefficient (Wildman–Crippen LogP) is 3.77. The summed E-state index contributed by atoms with van der Waals surface area (Å²) in [6.07, 6.45) is 7.18. The third-order valence-electron chi connectivity index (χ3n) is 5.35. The van der Waals surface area contributed by atoms with Crippen LogP contribution in [0.1, 0.15) is 63.5 Å². The van der Waals surface area contributed by atoms with Crippen molar-refractivity contribution in [1.82, 2.24) is 5.32 Å². The van der Waals surface area contributed by atoms with Gasteiger partial charge >= 0.3 is 0 Å². The second-order valence-corrected chi connectivity index (χ2v) is 7.15. The second-order valence-electron chi connectivity index (χ2n) is 7.15. The smallest absolute Gasteiger partial charge is 0.146 e. The van der Waals surface area contributed by atoms with Crippen LogP contribution >= 0.6 is 0 Å². The van der Waals surface area contributed by atoms with Gasteiger partial charge in [0.2, 0.25) is 0 Å². The fraction of sp³-hybridized carbons (Fsp3) is 0.684. The molecule has 128 valence electrons. The Morgan fingerprint density at radius 3 is 2.48 bits per heavy atom. The first kappa shape index (κ1) is 16.7. The number of aliphatic hydroxyl groups is 1. The van der Waals surface area contributed by atoms with Gasteiger partial charge in [-0.1, -0.05) is 6.07 Å². The summed E-state index contributed by atoms with van der Waals surface area (Å²) in [4.78, 5) is 2.17. The normalized spacial score (nSPS) is 27.0. The van der Waals surface area contributed by atoms with Gasteiger partial charge in [0.1, 0.15) is 5.82 Å². The number of hydrogen-bond donors (Lipinski definition) is 2. The van der Waals surface area contributed by atoms with Gasteiger partial charge in [0.25, 0.3) is 0 Å². The van der Waals surface area contributed by atoms with E-state index in [0.717, 1.165) is 62.9 Å². The zero-order valence-electron chi connectivity index (χ0n) is 14.1. The van der Waals surface area contributed by atoms with Crippen LogP contribution in [0.2, 0.25) is 0 Å². The average molecular weight is 320 g/mol. The lowest BCUT2D eigenvalue weighted by Crippen LogP contribution is -2.36. The first-order valence-corrected chi connectivity index (χ1v) is 9.12. The van der Waals surface area contributed by atoms with E-state index in [-0.39, 0.29) is 18.0 Å². The Labute approximate surface area is 138 Å². The van der Waals surface area contributed by atoms with Gasteiger partial charge in [-0.15, -0.1) is 0 Å². The molecule has 1 aromatic carbocycles. The largest absolute Gasteiger partial charge is 0.393 e. The summed E-state index contributed by atoms with van der Waals surface area (Å²) >= 11 is 0. The first-order valence-electron chi connectivity index (χ1n) is 9.12. The molecule has 1 heterocycles. The average Bonchev–Trinajstić information content (AvgIpc) is 2.57. The minimum absolute atomic E-state index is 0.0999. The van der Waals surface area contributed by atoms with E-state index in [0.29, 0.717) is 6.04 Å². The number of piperidine rings is 1. The minimum Gasteiger partial charge on any atom is -0.393 e. The molecule has 1 aromatic rings. The van der Waals surface area contributed by atoms with Gasteiger partial charge in [-0.3, -0.25) is 0 Å². The second kappa shape index (κ2) is 7.63. The van der Waals surface area contributed by atoms with E-state index in [1.54, 1.807) is 6.07 Å². The van der Waals surface area contributed by atoms with Crippen molar-refractivity contribution in [2.24, 2.45) is 0 Å². The van der Waals surface area contributed by atoms with Crippen molar-refractivity contribution in [3.8, 4) is 0 Å². The molecule has 1 atom stereocenters.